The third-order valence-electron chi connectivity index (χ3n) is 6.56. The average molecular weight is 478 g/mol. The van der Waals surface area contributed by atoms with Crippen LogP contribution in [0.2, 0.25) is 0 Å². The summed E-state index contributed by atoms with van der Waals surface area (Å²) in [5.74, 6) is -2.47. The van der Waals surface area contributed by atoms with Gasteiger partial charge in [-0.3, -0.25) is 14.2 Å². The summed E-state index contributed by atoms with van der Waals surface area (Å²) >= 11 is 0. The molecule has 0 N–H and O–H groups in total. The van der Waals surface area contributed by atoms with Crippen LogP contribution in [-0.2, 0) is 23.8 Å². The third-order valence-corrected chi connectivity index (χ3v) is 6.56. The van der Waals surface area contributed by atoms with Gasteiger partial charge in [-0.15, -0.1) is 0 Å². The molecule has 0 aliphatic carbocycles. The number of aryl methyl sites for hydroxylation is 1. The number of azide groups is 1. The first-order valence-electron chi connectivity index (χ1n) is 11.5. The predicted octanol–water partition coefficient (Wildman–Crippen LogP) is 3.76. The second-order valence-electron chi connectivity index (χ2n) is 9.69. The minimum Gasteiger partial charge on any atom is -0.462 e. The lowest BCUT2D eigenvalue weighted by Crippen LogP contribution is -2.47. The van der Waals surface area contributed by atoms with Crippen molar-refractivity contribution < 1.29 is 23.8 Å². The predicted molar refractivity (Wildman–Crippen MR) is 123 cm³/mol. The van der Waals surface area contributed by atoms with Crippen LogP contribution >= 0.6 is 0 Å². The van der Waals surface area contributed by atoms with Gasteiger partial charge in [0.25, 0.3) is 0 Å². The molecular weight excluding hydrogens is 442 g/mol. The molecule has 6 atom stereocenters. The number of nitrogens with zero attached hydrogens (tertiary/aromatic N) is 5. The summed E-state index contributed by atoms with van der Waals surface area (Å²) in [5.41, 5.74) is 7.45. The largest absolute Gasteiger partial charge is 0.462 e. The Bertz CT molecular complexity index is 1000. The molecule has 0 bridgehead atoms. The molecule has 1 aromatic rings. The van der Waals surface area contributed by atoms with Crippen molar-refractivity contribution in [2.24, 2.45) is 34.7 Å². The van der Waals surface area contributed by atoms with Gasteiger partial charge in [-0.1, -0.05) is 53.6 Å². The van der Waals surface area contributed by atoms with Crippen molar-refractivity contribution >= 4 is 11.9 Å². The molecule has 0 unspecified atom stereocenters. The van der Waals surface area contributed by atoms with Gasteiger partial charge in [0, 0.05) is 22.7 Å². The number of carbonyl (C=O) groups is 2. The first-order valence-corrected chi connectivity index (χ1v) is 11.5. The highest BCUT2D eigenvalue weighted by Gasteiger charge is 2.57. The molecule has 11 heteroatoms. The summed E-state index contributed by atoms with van der Waals surface area (Å²) < 4.78 is 18.6. The summed E-state index contributed by atoms with van der Waals surface area (Å²) in [4.78, 5) is 44.8. The molecule has 0 saturated carbocycles. The maximum absolute atomic E-state index is 12.9. The SMILES string of the molecule is Cc1ccn([C@@H]2O[C@@](COC(=O)[C@H](C)C(C)C)(N=[N+]=[N-])[C@@H](OC(=O)[C@@H](C)C(C)C)[C@@H]2C)c(=O)n1. The van der Waals surface area contributed by atoms with E-state index in [9.17, 15) is 19.9 Å². The van der Waals surface area contributed by atoms with Gasteiger partial charge in [-0.2, -0.15) is 4.98 Å². The maximum atomic E-state index is 12.9. The minimum absolute atomic E-state index is 0.00318. The first kappa shape index (κ1) is 27.3. The standard InChI is InChI=1S/C23H35N5O6/c1-12(2)15(6)20(29)32-11-23(26-27-24)18(33-21(30)16(7)13(3)4)17(8)19(34-23)28-10-9-14(5)25-22(28)31/h9-10,12-13,15-19H,11H2,1-8H3/t15-,16+,17+,18+,19-,23-/m1/s1. The number of carbonyl (C=O) groups excluding carboxylic acids is 2. The smallest absolute Gasteiger partial charge is 0.349 e. The Hall–Kier alpha value is -2.91. The monoisotopic (exact) mass is 477 g/mol. The zero-order valence-electron chi connectivity index (χ0n) is 21.1. The number of ether oxygens (including phenoxy) is 3. The van der Waals surface area contributed by atoms with E-state index in [-0.39, 0.29) is 11.8 Å². The zero-order valence-corrected chi connectivity index (χ0v) is 21.1. The molecule has 0 radical (unpaired) electrons. The molecular formula is C23H35N5O6. The molecule has 2 heterocycles. The van der Waals surface area contributed by atoms with Gasteiger partial charge >= 0.3 is 17.6 Å². The quantitative estimate of drug-likeness (QED) is 0.228. The molecule has 1 saturated heterocycles. The Morgan fingerprint density at radius 2 is 1.79 bits per heavy atom. The van der Waals surface area contributed by atoms with E-state index in [4.69, 9.17) is 14.2 Å². The van der Waals surface area contributed by atoms with Crippen molar-refractivity contribution in [1.29, 1.82) is 0 Å². The third kappa shape index (κ3) is 5.77. The van der Waals surface area contributed by atoms with Gasteiger partial charge in [-0.25, -0.2) is 4.79 Å². The van der Waals surface area contributed by atoms with Crippen LogP contribution in [0.5, 0.6) is 0 Å². The Morgan fingerprint density at radius 1 is 1.21 bits per heavy atom. The number of esters is 2. The van der Waals surface area contributed by atoms with E-state index in [1.54, 1.807) is 33.8 Å². The normalized spacial score (nSPS) is 26.1. The average Bonchev–Trinajstić information content (AvgIpc) is 3.02. The van der Waals surface area contributed by atoms with Gasteiger partial charge in [0.05, 0.1) is 11.8 Å². The van der Waals surface area contributed by atoms with Crippen molar-refractivity contribution in [3.8, 4) is 0 Å². The lowest BCUT2D eigenvalue weighted by molar-refractivity contribution is -0.182. The number of aromatic nitrogens is 2. The van der Waals surface area contributed by atoms with E-state index in [1.165, 1.54) is 10.8 Å². The fourth-order valence-electron chi connectivity index (χ4n) is 3.53. The molecule has 188 valence electrons. The van der Waals surface area contributed by atoms with Crippen LogP contribution in [0.15, 0.2) is 22.2 Å². The van der Waals surface area contributed by atoms with E-state index < -0.39 is 60.0 Å². The number of hydrogen-bond acceptors (Lipinski definition) is 8. The number of rotatable bonds is 9. The topological polar surface area (TPSA) is 145 Å². The van der Waals surface area contributed by atoms with Gasteiger partial charge in [0.1, 0.15) is 18.9 Å². The Kier molecular flexibility index (Phi) is 8.85. The van der Waals surface area contributed by atoms with Crippen molar-refractivity contribution in [2.75, 3.05) is 6.61 Å². The Labute approximate surface area is 199 Å². The summed E-state index contributed by atoms with van der Waals surface area (Å²) in [6.45, 7) is 13.9. The molecule has 1 aliphatic heterocycles. The van der Waals surface area contributed by atoms with Crippen LogP contribution in [0.1, 0.15) is 60.4 Å². The fraction of sp³-hybridized carbons (Fsp3) is 0.739. The molecule has 11 nitrogen and oxygen atoms in total. The molecule has 2 rings (SSSR count). The van der Waals surface area contributed by atoms with Gasteiger partial charge in [0.15, 0.2) is 0 Å². The zero-order chi connectivity index (χ0) is 25.8. The van der Waals surface area contributed by atoms with E-state index in [2.05, 4.69) is 15.0 Å². The summed E-state index contributed by atoms with van der Waals surface area (Å²) in [7, 11) is 0. The van der Waals surface area contributed by atoms with Crippen LogP contribution in [-0.4, -0.2) is 39.9 Å². The van der Waals surface area contributed by atoms with Crippen LogP contribution < -0.4 is 5.69 Å². The lowest BCUT2D eigenvalue weighted by Gasteiger charge is -2.31. The van der Waals surface area contributed by atoms with Crippen molar-refractivity contribution in [3.63, 3.8) is 0 Å². The minimum atomic E-state index is -1.86. The van der Waals surface area contributed by atoms with Crippen LogP contribution in [0.25, 0.3) is 10.4 Å². The Balaban J connectivity index is 2.49. The molecule has 1 aromatic heterocycles. The summed E-state index contributed by atoms with van der Waals surface area (Å²) in [6, 6.07) is 1.64. The van der Waals surface area contributed by atoms with Crippen molar-refractivity contribution in [2.45, 2.75) is 73.4 Å². The molecule has 0 aromatic carbocycles. The van der Waals surface area contributed by atoms with Gasteiger partial charge < -0.3 is 14.2 Å². The van der Waals surface area contributed by atoms with Crippen LogP contribution in [0.3, 0.4) is 0 Å². The first-order chi connectivity index (χ1) is 15.8. The molecule has 1 fully saturated rings. The van der Waals surface area contributed by atoms with Gasteiger partial charge in [-0.05, 0) is 30.4 Å². The van der Waals surface area contributed by atoms with Crippen molar-refractivity contribution in [1.82, 2.24) is 9.55 Å². The Morgan fingerprint density at radius 3 is 2.32 bits per heavy atom. The van der Waals surface area contributed by atoms with Crippen LogP contribution in [0, 0.1) is 36.5 Å². The van der Waals surface area contributed by atoms with Crippen LogP contribution in [0.4, 0.5) is 0 Å². The maximum Gasteiger partial charge on any atom is 0.349 e. The second kappa shape index (κ2) is 11.0. The highest BCUT2D eigenvalue weighted by molar-refractivity contribution is 5.73. The van der Waals surface area contributed by atoms with E-state index >= 15 is 0 Å². The van der Waals surface area contributed by atoms with E-state index in [0.717, 1.165) is 0 Å². The van der Waals surface area contributed by atoms with Crippen molar-refractivity contribution in [3.05, 3.63) is 38.9 Å². The second-order valence-corrected chi connectivity index (χ2v) is 9.69. The molecule has 0 amide bonds. The van der Waals surface area contributed by atoms with E-state index in [0.29, 0.717) is 5.69 Å². The summed E-state index contributed by atoms with van der Waals surface area (Å²) in [6.07, 6.45) is -0.572. The lowest BCUT2D eigenvalue weighted by atomic mass is 9.95. The highest BCUT2D eigenvalue weighted by atomic mass is 16.6. The molecule has 0 spiro atoms. The highest BCUT2D eigenvalue weighted by Crippen LogP contribution is 2.44. The van der Waals surface area contributed by atoms with Gasteiger partial charge in [0.2, 0.25) is 5.72 Å². The molecule has 1 aliphatic rings. The van der Waals surface area contributed by atoms with E-state index in [1.807, 2.05) is 27.7 Å². The summed E-state index contributed by atoms with van der Waals surface area (Å²) in [5, 5.41) is 3.81. The molecule has 34 heavy (non-hydrogen) atoms. The fourth-order valence-corrected chi connectivity index (χ4v) is 3.53. The number of hydrogen-bond donors (Lipinski definition) is 0.